The average molecular weight is 412 g/mol. The predicted molar refractivity (Wildman–Crippen MR) is 105 cm³/mol. The highest BCUT2D eigenvalue weighted by atomic mass is 16.6. The molecule has 0 unspecified atom stereocenters. The van der Waals surface area contributed by atoms with Crippen LogP contribution in [-0.4, -0.2) is 43.2 Å². The number of carbonyl (C=O) groups excluding carboxylic acids is 3. The lowest BCUT2D eigenvalue weighted by atomic mass is 10.1. The van der Waals surface area contributed by atoms with Crippen LogP contribution in [0.4, 0.5) is 21.9 Å². The van der Waals surface area contributed by atoms with E-state index in [0.717, 1.165) is 17.2 Å². The van der Waals surface area contributed by atoms with Gasteiger partial charge in [-0.3, -0.25) is 30.0 Å². The summed E-state index contributed by atoms with van der Waals surface area (Å²) in [6.07, 6.45) is 1.01. The fourth-order valence-electron chi connectivity index (χ4n) is 2.76. The fourth-order valence-corrected chi connectivity index (χ4v) is 2.76. The van der Waals surface area contributed by atoms with Crippen molar-refractivity contribution in [3.05, 3.63) is 52.6 Å². The number of amides is 4. The standard InChI is InChI=1S/C19H16N4O7/c1-29-13-5-3-4-11(8-13)22-18(25)14(17(24)21-19(22)26)10-20-15-9-12(23(27)28)6-7-16(15)30-2/h3-10,14H,1-2H3,(H,21,24,26)/t14-/m1/s1. The molecule has 1 fully saturated rings. The van der Waals surface area contributed by atoms with Crippen LogP contribution in [0.15, 0.2) is 47.5 Å². The van der Waals surface area contributed by atoms with E-state index in [1.165, 1.54) is 38.5 Å². The smallest absolute Gasteiger partial charge is 0.335 e. The zero-order valence-electron chi connectivity index (χ0n) is 15.9. The maximum Gasteiger partial charge on any atom is 0.335 e. The van der Waals surface area contributed by atoms with Crippen LogP contribution in [-0.2, 0) is 9.59 Å². The number of urea groups is 1. The summed E-state index contributed by atoms with van der Waals surface area (Å²) in [5.41, 5.74) is 0.0170. The Morgan fingerprint density at radius 3 is 2.57 bits per heavy atom. The van der Waals surface area contributed by atoms with Crippen LogP contribution < -0.4 is 19.7 Å². The monoisotopic (exact) mass is 412 g/mol. The summed E-state index contributed by atoms with van der Waals surface area (Å²) in [4.78, 5) is 52.6. The van der Waals surface area contributed by atoms with E-state index in [2.05, 4.69) is 10.3 Å². The minimum Gasteiger partial charge on any atom is -0.497 e. The second kappa shape index (κ2) is 8.39. The number of imide groups is 2. The zero-order valence-corrected chi connectivity index (χ0v) is 15.9. The highest BCUT2D eigenvalue weighted by molar-refractivity contribution is 6.32. The van der Waals surface area contributed by atoms with Gasteiger partial charge in [0.05, 0.1) is 24.8 Å². The lowest BCUT2D eigenvalue weighted by Gasteiger charge is -2.28. The molecular weight excluding hydrogens is 396 g/mol. The van der Waals surface area contributed by atoms with E-state index in [9.17, 15) is 24.5 Å². The van der Waals surface area contributed by atoms with Crippen LogP contribution in [0.25, 0.3) is 0 Å². The Morgan fingerprint density at radius 2 is 1.90 bits per heavy atom. The van der Waals surface area contributed by atoms with Gasteiger partial charge in [0, 0.05) is 24.4 Å². The third kappa shape index (κ3) is 3.94. The number of nitro benzene ring substituents is 1. The predicted octanol–water partition coefficient (Wildman–Crippen LogP) is 2.21. The Bertz CT molecular complexity index is 1070. The number of methoxy groups -OCH3 is 2. The molecule has 2 aromatic carbocycles. The molecule has 0 aromatic heterocycles. The summed E-state index contributed by atoms with van der Waals surface area (Å²) >= 11 is 0. The maximum atomic E-state index is 12.9. The Morgan fingerprint density at radius 1 is 1.13 bits per heavy atom. The average Bonchev–Trinajstić information content (AvgIpc) is 2.73. The van der Waals surface area contributed by atoms with Crippen molar-refractivity contribution in [3.63, 3.8) is 0 Å². The normalized spacial score (nSPS) is 16.5. The van der Waals surface area contributed by atoms with Crippen molar-refractivity contribution < 1.29 is 28.8 Å². The second-order valence-electron chi connectivity index (χ2n) is 6.04. The maximum absolute atomic E-state index is 12.9. The number of aliphatic imine (C=N–C) groups is 1. The number of hydrogen-bond donors (Lipinski definition) is 1. The van der Waals surface area contributed by atoms with E-state index in [-0.39, 0.29) is 22.8 Å². The molecule has 11 heteroatoms. The summed E-state index contributed by atoms with van der Waals surface area (Å²) in [6, 6.07) is 9.01. The summed E-state index contributed by atoms with van der Waals surface area (Å²) in [6.45, 7) is 0. The molecule has 1 saturated heterocycles. The van der Waals surface area contributed by atoms with Gasteiger partial charge in [-0.1, -0.05) is 6.07 Å². The van der Waals surface area contributed by atoms with Crippen molar-refractivity contribution in [2.75, 3.05) is 19.1 Å². The first kappa shape index (κ1) is 20.5. The van der Waals surface area contributed by atoms with Gasteiger partial charge in [0.15, 0.2) is 5.92 Å². The summed E-state index contributed by atoms with van der Waals surface area (Å²) in [5.74, 6) is -2.50. The molecule has 0 bridgehead atoms. The minimum atomic E-state index is -1.43. The number of ether oxygens (including phenoxy) is 2. The number of nitro groups is 1. The number of anilines is 1. The molecule has 0 radical (unpaired) electrons. The van der Waals surface area contributed by atoms with Crippen LogP contribution in [0.1, 0.15) is 0 Å². The van der Waals surface area contributed by atoms with Gasteiger partial charge >= 0.3 is 6.03 Å². The molecule has 1 aliphatic heterocycles. The molecule has 3 rings (SSSR count). The van der Waals surface area contributed by atoms with E-state index in [4.69, 9.17) is 9.47 Å². The van der Waals surface area contributed by atoms with Gasteiger partial charge in [-0.15, -0.1) is 0 Å². The van der Waals surface area contributed by atoms with Crippen LogP contribution in [0.3, 0.4) is 0 Å². The number of carbonyl (C=O) groups is 3. The van der Waals surface area contributed by atoms with Crippen LogP contribution in [0.5, 0.6) is 11.5 Å². The molecule has 1 heterocycles. The minimum absolute atomic E-state index is 0.0529. The molecule has 1 aliphatic rings. The van der Waals surface area contributed by atoms with Gasteiger partial charge in [-0.25, -0.2) is 9.69 Å². The Labute approximate surface area is 170 Å². The van der Waals surface area contributed by atoms with Crippen molar-refractivity contribution in [2.24, 2.45) is 10.9 Å². The molecule has 1 N–H and O–H groups in total. The molecule has 0 spiro atoms. The number of barbiturate groups is 1. The van der Waals surface area contributed by atoms with Gasteiger partial charge < -0.3 is 9.47 Å². The van der Waals surface area contributed by atoms with E-state index in [1.54, 1.807) is 12.1 Å². The van der Waals surface area contributed by atoms with E-state index < -0.39 is 28.7 Å². The molecule has 154 valence electrons. The van der Waals surface area contributed by atoms with Crippen LogP contribution in [0, 0.1) is 16.0 Å². The van der Waals surface area contributed by atoms with Crippen molar-refractivity contribution in [3.8, 4) is 11.5 Å². The van der Waals surface area contributed by atoms with Crippen LogP contribution >= 0.6 is 0 Å². The molecule has 2 aromatic rings. The first-order valence-electron chi connectivity index (χ1n) is 8.55. The fraction of sp³-hybridized carbons (Fsp3) is 0.158. The number of nitrogens with one attached hydrogen (secondary N) is 1. The highest BCUT2D eigenvalue weighted by Gasteiger charge is 2.40. The SMILES string of the molecule is COc1cccc(N2C(=O)NC(=O)[C@@H](C=Nc3cc([N+](=O)[O-])ccc3OC)C2=O)c1. The summed E-state index contributed by atoms with van der Waals surface area (Å²) in [5, 5.41) is 13.1. The quantitative estimate of drug-likeness (QED) is 0.332. The number of benzene rings is 2. The Balaban J connectivity index is 1.94. The number of hydrogen-bond acceptors (Lipinski definition) is 8. The van der Waals surface area contributed by atoms with Crippen molar-refractivity contribution in [2.45, 2.75) is 0 Å². The van der Waals surface area contributed by atoms with Gasteiger partial charge in [0.25, 0.3) is 11.6 Å². The van der Waals surface area contributed by atoms with Gasteiger partial charge in [0.2, 0.25) is 5.91 Å². The van der Waals surface area contributed by atoms with Gasteiger partial charge in [-0.2, -0.15) is 0 Å². The van der Waals surface area contributed by atoms with Crippen molar-refractivity contribution in [1.29, 1.82) is 0 Å². The van der Waals surface area contributed by atoms with E-state index in [0.29, 0.717) is 5.75 Å². The molecule has 1 atom stereocenters. The highest BCUT2D eigenvalue weighted by Crippen LogP contribution is 2.32. The first-order valence-corrected chi connectivity index (χ1v) is 8.55. The van der Waals surface area contributed by atoms with E-state index in [1.807, 2.05) is 0 Å². The van der Waals surface area contributed by atoms with E-state index >= 15 is 0 Å². The van der Waals surface area contributed by atoms with Gasteiger partial charge in [-0.05, 0) is 18.2 Å². The summed E-state index contributed by atoms with van der Waals surface area (Å²) in [7, 11) is 2.78. The Hall–Kier alpha value is -4.28. The summed E-state index contributed by atoms with van der Waals surface area (Å²) < 4.78 is 10.2. The topological polar surface area (TPSA) is 140 Å². The molecule has 0 saturated carbocycles. The Kier molecular flexibility index (Phi) is 5.72. The third-order valence-corrected chi connectivity index (χ3v) is 4.25. The molecule has 0 aliphatic carbocycles. The number of nitrogens with zero attached hydrogens (tertiary/aromatic N) is 3. The number of non-ortho nitro benzene ring substituents is 1. The second-order valence-corrected chi connectivity index (χ2v) is 6.04. The molecular formula is C19H16N4O7. The lowest BCUT2D eigenvalue weighted by molar-refractivity contribution is -0.384. The number of rotatable bonds is 6. The largest absolute Gasteiger partial charge is 0.497 e. The lowest BCUT2D eigenvalue weighted by Crippen LogP contribution is -2.58. The first-order chi connectivity index (χ1) is 14.3. The van der Waals surface area contributed by atoms with Crippen molar-refractivity contribution in [1.82, 2.24) is 5.32 Å². The molecule has 11 nitrogen and oxygen atoms in total. The zero-order chi connectivity index (χ0) is 21.8. The molecule has 30 heavy (non-hydrogen) atoms. The van der Waals surface area contributed by atoms with Crippen LogP contribution in [0.2, 0.25) is 0 Å². The van der Waals surface area contributed by atoms with Gasteiger partial charge in [0.1, 0.15) is 17.2 Å². The third-order valence-electron chi connectivity index (χ3n) is 4.25. The van der Waals surface area contributed by atoms with Crippen molar-refractivity contribution >= 4 is 41.1 Å². The molecule has 4 amide bonds.